The second-order valence-electron chi connectivity index (χ2n) is 6.08. The van der Waals surface area contributed by atoms with E-state index in [9.17, 15) is 0 Å². The van der Waals surface area contributed by atoms with Crippen LogP contribution >= 0.6 is 0 Å². The molecule has 0 radical (unpaired) electrons. The molecule has 0 aromatic heterocycles. The third-order valence-electron chi connectivity index (χ3n) is 4.61. The minimum Gasteiger partial charge on any atom is -0.0616 e. The van der Waals surface area contributed by atoms with Crippen LogP contribution in [0.1, 0.15) is 16.7 Å². The first-order valence-corrected chi connectivity index (χ1v) is 7.47. The molecule has 0 saturated heterocycles. The minimum atomic E-state index is 1.32. The van der Waals surface area contributed by atoms with Crippen molar-refractivity contribution in [2.24, 2.45) is 0 Å². The normalized spacial score (nSPS) is 11.6. The van der Waals surface area contributed by atoms with Crippen molar-refractivity contribution in [2.45, 2.75) is 20.8 Å². The third kappa shape index (κ3) is 1.76. The summed E-state index contributed by atoms with van der Waals surface area (Å²) in [4.78, 5) is 0. The maximum absolute atomic E-state index is 2.35. The molecule has 0 aliphatic carbocycles. The Kier molecular flexibility index (Phi) is 2.56. The van der Waals surface area contributed by atoms with Crippen LogP contribution in [0.25, 0.3) is 32.3 Å². The van der Waals surface area contributed by atoms with Gasteiger partial charge in [0, 0.05) is 0 Å². The van der Waals surface area contributed by atoms with Crippen molar-refractivity contribution in [3.05, 3.63) is 71.3 Å². The molecule has 102 valence electrons. The molecule has 0 spiro atoms. The van der Waals surface area contributed by atoms with Crippen molar-refractivity contribution in [1.29, 1.82) is 0 Å². The van der Waals surface area contributed by atoms with E-state index in [1.54, 1.807) is 0 Å². The van der Waals surface area contributed by atoms with Gasteiger partial charge in [-0.05, 0) is 64.2 Å². The second kappa shape index (κ2) is 4.33. The van der Waals surface area contributed by atoms with Crippen LogP contribution in [0, 0.1) is 20.8 Å². The molecule has 0 nitrogen and oxygen atoms in total. The molecule has 21 heavy (non-hydrogen) atoms. The number of hydrogen-bond acceptors (Lipinski definition) is 0. The molecule has 0 heterocycles. The largest absolute Gasteiger partial charge is 0.0616 e. The summed E-state index contributed by atoms with van der Waals surface area (Å²) in [7, 11) is 0. The zero-order chi connectivity index (χ0) is 14.6. The van der Waals surface area contributed by atoms with E-state index in [0.717, 1.165) is 0 Å². The van der Waals surface area contributed by atoms with E-state index in [2.05, 4.69) is 75.4 Å². The Morgan fingerprint density at radius 1 is 0.476 bits per heavy atom. The van der Waals surface area contributed by atoms with Crippen molar-refractivity contribution in [3.8, 4) is 0 Å². The van der Waals surface area contributed by atoms with Gasteiger partial charge in [0.25, 0.3) is 0 Å². The van der Waals surface area contributed by atoms with Crippen LogP contribution in [-0.4, -0.2) is 0 Å². The van der Waals surface area contributed by atoms with Crippen LogP contribution in [0.4, 0.5) is 0 Å². The molecule has 0 unspecified atom stereocenters. The lowest BCUT2D eigenvalue weighted by Crippen LogP contribution is -1.87. The van der Waals surface area contributed by atoms with E-state index in [1.807, 2.05) is 0 Å². The van der Waals surface area contributed by atoms with Gasteiger partial charge < -0.3 is 0 Å². The highest BCUT2D eigenvalue weighted by molar-refractivity contribution is 6.25. The first-order chi connectivity index (χ1) is 10.1. The van der Waals surface area contributed by atoms with Crippen LogP contribution in [0.2, 0.25) is 0 Å². The summed E-state index contributed by atoms with van der Waals surface area (Å²) in [6.07, 6.45) is 0. The van der Waals surface area contributed by atoms with E-state index in [1.165, 1.54) is 49.0 Å². The standard InChI is InChI=1S/C21H18/c1-13-8-9-18-16-6-4-5-7-17(16)20-11-14(2)15(3)12-21(20)19(18)10-13/h4-12H,1-3H3. The van der Waals surface area contributed by atoms with E-state index < -0.39 is 0 Å². The van der Waals surface area contributed by atoms with Gasteiger partial charge in [0.1, 0.15) is 0 Å². The van der Waals surface area contributed by atoms with Crippen LogP contribution < -0.4 is 0 Å². The quantitative estimate of drug-likeness (QED) is 0.340. The Morgan fingerprint density at radius 3 is 1.62 bits per heavy atom. The van der Waals surface area contributed by atoms with Crippen molar-refractivity contribution >= 4 is 32.3 Å². The van der Waals surface area contributed by atoms with Gasteiger partial charge in [-0.25, -0.2) is 0 Å². The van der Waals surface area contributed by atoms with Gasteiger partial charge in [0.05, 0.1) is 0 Å². The summed E-state index contributed by atoms with van der Waals surface area (Å²) in [5.41, 5.74) is 4.04. The van der Waals surface area contributed by atoms with Crippen molar-refractivity contribution < 1.29 is 0 Å². The molecule has 0 aliphatic heterocycles. The number of fused-ring (bicyclic) bond motifs is 6. The Balaban J connectivity index is 2.40. The zero-order valence-corrected chi connectivity index (χ0v) is 12.7. The van der Waals surface area contributed by atoms with Gasteiger partial charge in [-0.3, -0.25) is 0 Å². The average molecular weight is 270 g/mol. The SMILES string of the molecule is Cc1ccc2c3ccccc3c3cc(C)c(C)cc3c2c1. The number of rotatable bonds is 0. The summed E-state index contributed by atoms with van der Waals surface area (Å²) in [5, 5.41) is 8.16. The van der Waals surface area contributed by atoms with Gasteiger partial charge in [-0.1, -0.05) is 60.2 Å². The van der Waals surface area contributed by atoms with Crippen LogP contribution in [0.3, 0.4) is 0 Å². The molecular formula is C21H18. The Hall–Kier alpha value is -2.34. The lowest BCUT2D eigenvalue weighted by molar-refractivity contribution is 1.37. The fraction of sp³-hybridized carbons (Fsp3) is 0.143. The molecule has 0 heteroatoms. The lowest BCUT2D eigenvalue weighted by atomic mass is 9.91. The van der Waals surface area contributed by atoms with Crippen molar-refractivity contribution in [3.63, 3.8) is 0 Å². The van der Waals surface area contributed by atoms with Gasteiger partial charge in [-0.15, -0.1) is 0 Å². The molecular weight excluding hydrogens is 252 g/mol. The predicted molar refractivity (Wildman–Crippen MR) is 93.2 cm³/mol. The Labute approximate surface area is 125 Å². The van der Waals surface area contributed by atoms with E-state index >= 15 is 0 Å². The zero-order valence-electron chi connectivity index (χ0n) is 12.7. The lowest BCUT2D eigenvalue weighted by Gasteiger charge is -2.13. The van der Waals surface area contributed by atoms with Gasteiger partial charge >= 0.3 is 0 Å². The number of benzene rings is 4. The number of aryl methyl sites for hydroxylation is 3. The first kappa shape index (κ1) is 12.4. The third-order valence-corrected chi connectivity index (χ3v) is 4.61. The Bertz CT molecular complexity index is 986. The average Bonchev–Trinajstić information content (AvgIpc) is 2.49. The summed E-state index contributed by atoms with van der Waals surface area (Å²) in [6, 6.07) is 20.2. The molecule has 0 atom stereocenters. The highest BCUT2D eigenvalue weighted by Gasteiger charge is 2.09. The van der Waals surface area contributed by atoms with Crippen LogP contribution in [0.5, 0.6) is 0 Å². The molecule has 4 aromatic rings. The van der Waals surface area contributed by atoms with Crippen molar-refractivity contribution in [1.82, 2.24) is 0 Å². The van der Waals surface area contributed by atoms with E-state index in [-0.39, 0.29) is 0 Å². The second-order valence-corrected chi connectivity index (χ2v) is 6.08. The summed E-state index contributed by atoms with van der Waals surface area (Å²) in [5.74, 6) is 0. The van der Waals surface area contributed by atoms with Gasteiger partial charge in [-0.2, -0.15) is 0 Å². The molecule has 0 bridgehead atoms. The molecule has 0 amide bonds. The molecule has 4 rings (SSSR count). The molecule has 0 aliphatic rings. The maximum Gasteiger partial charge on any atom is -0.00960 e. The fourth-order valence-electron chi connectivity index (χ4n) is 3.33. The number of hydrogen-bond donors (Lipinski definition) is 0. The van der Waals surface area contributed by atoms with Crippen LogP contribution in [0.15, 0.2) is 54.6 Å². The minimum absolute atomic E-state index is 1.32. The Morgan fingerprint density at radius 2 is 0.952 bits per heavy atom. The summed E-state index contributed by atoms with van der Waals surface area (Å²) >= 11 is 0. The van der Waals surface area contributed by atoms with E-state index in [4.69, 9.17) is 0 Å². The van der Waals surface area contributed by atoms with Crippen LogP contribution in [-0.2, 0) is 0 Å². The fourth-order valence-corrected chi connectivity index (χ4v) is 3.33. The highest BCUT2D eigenvalue weighted by atomic mass is 14.1. The maximum atomic E-state index is 2.35. The highest BCUT2D eigenvalue weighted by Crippen LogP contribution is 2.36. The monoisotopic (exact) mass is 270 g/mol. The van der Waals surface area contributed by atoms with E-state index in [0.29, 0.717) is 0 Å². The van der Waals surface area contributed by atoms with Crippen molar-refractivity contribution in [2.75, 3.05) is 0 Å². The molecule has 0 saturated carbocycles. The molecule has 0 N–H and O–H groups in total. The smallest absolute Gasteiger partial charge is 0.00960 e. The molecule has 0 fully saturated rings. The summed E-state index contributed by atoms with van der Waals surface area (Å²) < 4.78 is 0. The topological polar surface area (TPSA) is 0 Å². The predicted octanol–water partition coefficient (Wildman–Crippen LogP) is 6.07. The van der Waals surface area contributed by atoms with Gasteiger partial charge in [0.15, 0.2) is 0 Å². The first-order valence-electron chi connectivity index (χ1n) is 7.47. The van der Waals surface area contributed by atoms with Gasteiger partial charge in [0.2, 0.25) is 0 Å². The summed E-state index contributed by atoms with van der Waals surface area (Å²) in [6.45, 7) is 6.57. The molecule has 4 aromatic carbocycles.